The molecule has 0 radical (unpaired) electrons. The number of anilines is 2. The van der Waals surface area contributed by atoms with Gasteiger partial charge in [0.15, 0.2) is 0 Å². The van der Waals surface area contributed by atoms with Crippen molar-refractivity contribution in [2.75, 3.05) is 23.3 Å². The van der Waals surface area contributed by atoms with Crippen LogP contribution in [-0.2, 0) is 20.7 Å². The van der Waals surface area contributed by atoms with E-state index in [-0.39, 0.29) is 18.1 Å². The van der Waals surface area contributed by atoms with Crippen molar-refractivity contribution in [1.29, 1.82) is 0 Å². The Kier molecular flexibility index (Phi) is 10.3. The first-order chi connectivity index (χ1) is 16.7. The number of hydrogen-bond donors (Lipinski definition) is 1. The molecule has 1 N–H and O–H groups in total. The van der Waals surface area contributed by atoms with E-state index >= 15 is 0 Å². The number of nitrogens with one attached hydrogen (secondary N) is 1. The number of carbonyl (C=O) groups is 2. The monoisotopic (exact) mass is 496 g/mol. The van der Waals surface area contributed by atoms with E-state index in [9.17, 15) is 14.0 Å². The molecule has 0 saturated heterocycles. The molecule has 0 aliphatic heterocycles. The number of ether oxygens (including phenoxy) is 1. The number of allylic oxidation sites excluding steroid dienone is 1. The molecule has 0 saturated carbocycles. The third-order valence-corrected chi connectivity index (χ3v) is 5.23. The summed E-state index contributed by atoms with van der Waals surface area (Å²) < 4.78 is 19.0. The van der Waals surface area contributed by atoms with Gasteiger partial charge < -0.3 is 15.0 Å². The lowest BCUT2D eigenvalue weighted by Gasteiger charge is -2.31. The summed E-state index contributed by atoms with van der Waals surface area (Å²) in [5.41, 5.74) is 3.14. The number of halogens is 1. The Hall–Kier alpha value is -3.15. The zero-order chi connectivity index (χ0) is 27.0. The van der Waals surface area contributed by atoms with Crippen LogP contribution in [0.5, 0.6) is 0 Å². The fraction of sp³-hybridized carbons (Fsp3) is 0.467. The lowest BCUT2D eigenvalue weighted by Crippen LogP contribution is -2.32. The number of hydrogen-bond acceptors (Lipinski definition) is 4. The summed E-state index contributed by atoms with van der Waals surface area (Å²) in [6.45, 7) is 17.6. The highest BCUT2D eigenvalue weighted by Gasteiger charge is 2.19. The van der Waals surface area contributed by atoms with Crippen LogP contribution < -0.4 is 10.2 Å². The van der Waals surface area contributed by atoms with E-state index in [2.05, 4.69) is 37.9 Å². The Morgan fingerprint density at radius 1 is 1.03 bits per heavy atom. The highest BCUT2D eigenvalue weighted by Crippen LogP contribution is 2.31. The van der Waals surface area contributed by atoms with Crippen LogP contribution in [0.1, 0.15) is 66.5 Å². The molecule has 0 heterocycles. The third-order valence-electron chi connectivity index (χ3n) is 5.23. The Labute approximate surface area is 215 Å². The van der Waals surface area contributed by atoms with Gasteiger partial charge in [0.05, 0.1) is 17.8 Å². The van der Waals surface area contributed by atoms with Crippen molar-refractivity contribution in [3.63, 3.8) is 0 Å². The van der Waals surface area contributed by atoms with E-state index in [1.54, 1.807) is 12.1 Å². The van der Waals surface area contributed by atoms with E-state index in [1.165, 1.54) is 18.2 Å². The molecule has 1 amide bonds. The molecule has 0 atom stereocenters. The largest absolute Gasteiger partial charge is 0.457 e. The number of carbonyl (C=O) groups excluding carboxylic acids is 2. The van der Waals surface area contributed by atoms with E-state index in [1.807, 2.05) is 45.9 Å². The molecule has 0 aliphatic rings. The van der Waals surface area contributed by atoms with Crippen molar-refractivity contribution in [3.8, 4) is 0 Å². The molecule has 36 heavy (non-hydrogen) atoms. The van der Waals surface area contributed by atoms with Gasteiger partial charge >= 0.3 is 5.97 Å². The Morgan fingerprint density at radius 3 is 2.22 bits per heavy atom. The minimum absolute atomic E-state index is 0.0581. The standard InChI is InChI=1S/C30H41FN2O3/c1-20(2)18-33(19-21(3)4)27-13-12-24(22(5)14-29(35)36-30(6,7)8)17-26(27)32-28(34)16-23-10-9-11-25(31)15-23/h9-15,17,20-21H,16,18-19H2,1-8H3,(H,32,34)/b22-14+. The second-order valence-electron chi connectivity index (χ2n) is 11.1. The number of nitrogens with zero attached hydrogens (tertiary/aromatic N) is 1. The van der Waals surface area contributed by atoms with Gasteiger partial charge in [-0.25, -0.2) is 9.18 Å². The SMILES string of the molecule is C/C(=C\C(=O)OC(C)(C)C)c1ccc(N(CC(C)C)CC(C)C)c(NC(=O)Cc2cccc(F)c2)c1. The smallest absolute Gasteiger partial charge is 0.331 e. The average molecular weight is 497 g/mol. The maximum absolute atomic E-state index is 13.6. The van der Waals surface area contributed by atoms with Crippen molar-refractivity contribution in [2.24, 2.45) is 11.8 Å². The first kappa shape index (κ1) is 29.1. The molecule has 0 bridgehead atoms. The van der Waals surface area contributed by atoms with E-state index in [4.69, 9.17) is 4.74 Å². The predicted octanol–water partition coefficient (Wildman–Crippen LogP) is 6.87. The molecule has 5 nitrogen and oxygen atoms in total. The van der Waals surface area contributed by atoms with Gasteiger partial charge in [0.1, 0.15) is 11.4 Å². The highest BCUT2D eigenvalue weighted by molar-refractivity contribution is 5.97. The van der Waals surface area contributed by atoms with E-state index in [0.717, 1.165) is 29.9 Å². The van der Waals surface area contributed by atoms with Crippen molar-refractivity contribution in [1.82, 2.24) is 0 Å². The molecule has 2 rings (SSSR count). The van der Waals surface area contributed by atoms with Crippen molar-refractivity contribution < 1.29 is 18.7 Å². The molecule has 6 heteroatoms. The van der Waals surface area contributed by atoms with Crippen LogP contribution in [0.4, 0.5) is 15.8 Å². The van der Waals surface area contributed by atoms with Crippen LogP contribution in [0, 0.1) is 17.7 Å². The third kappa shape index (κ3) is 9.84. The summed E-state index contributed by atoms with van der Waals surface area (Å²) >= 11 is 0. The molecule has 0 aromatic heterocycles. The van der Waals surface area contributed by atoms with Crippen LogP contribution in [0.25, 0.3) is 5.57 Å². The highest BCUT2D eigenvalue weighted by atomic mass is 19.1. The first-order valence-corrected chi connectivity index (χ1v) is 12.6. The molecule has 0 unspecified atom stereocenters. The fourth-order valence-corrected chi connectivity index (χ4v) is 3.93. The number of amides is 1. The van der Waals surface area contributed by atoms with Gasteiger partial charge in [-0.05, 0) is 80.5 Å². The molecule has 0 aliphatic carbocycles. The minimum Gasteiger partial charge on any atom is -0.457 e. The summed E-state index contributed by atoms with van der Waals surface area (Å²) in [4.78, 5) is 27.6. The zero-order valence-corrected chi connectivity index (χ0v) is 22.9. The first-order valence-electron chi connectivity index (χ1n) is 12.6. The summed E-state index contributed by atoms with van der Waals surface area (Å²) in [5, 5.41) is 3.05. The molecule has 196 valence electrons. The maximum atomic E-state index is 13.6. The Balaban J connectivity index is 2.44. The van der Waals surface area contributed by atoms with Crippen LogP contribution >= 0.6 is 0 Å². The quantitative estimate of drug-likeness (QED) is 0.288. The summed E-state index contributed by atoms with van der Waals surface area (Å²) in [6, 6.07) is 11.9. The van der Waals surface area contributed by atoms with Crippen LogP contribution in [0.15, 0.2) is 48.5 Å². The molecule has 2 aromatic carbocycles. The van der Waals surface area contributed by atoms with Gasteiger partial charge in [-0.15, -0.1) is 0 Å². The Morgan fingerprint density at radius 2 is 1.67 bits per heavy atom. The van der Waals surface area contributed by atoms with Gasteiger partial charge in [-0.3, -0.25) is 4.79 Å². The van der Waals surface area contributed by atoms with Gasteiger partial charge in [-0.2, -0.15) is 0 Å². The second kappa shape index (κ2) is 12.7. The number of benzene rings is 2. The lowest BCUT2D eigenvalue weighted by molar-refractivity contribution is -0.148. The van der Waals surface area contributed by atoms with Crippen molar-refractivity contribution in [3.05, 3.63) is 65.5 Å². The molecule has 0 spiro atoms. The second-order valence-corrected chi connectivity index (χ2v) is 11.1. The topological polar surface area (TPSA) is 58.6 Å². The van der Waals surface area contributed by atoms with Crippen molar-refractivity contribution in [2.45, 2.75) is 67.4 Å². The molecular weight excluding hydrogens is 455 g/mol. The molecular formula is C30H41FN2O3. The predicted molar refractivity (Wildman–Crippen MR) is 147 cm³/mol. The van der Waals surface area contributed by atoms with Crippen molar-refractivity contribution >= 4 is 28.8 Å². The lowest BCUT2D eigenvalue weighted by atomic mass is 10.0. The Bertz CT molecular complexity index is 1070. The fourth-order valence-electron chi connectivity index (χ4n) is 3.93. The maximum Gasteiger partial charge on any atom is 0.331 e. The molecule has 0 fully saturated rings. The zero-order valence-electron chi connectivity index (χ0n) is 22.9. The summed E-state index contributed by atoms with van der Waals surface area (Å²) in [6.07, 6.45) is 1.53. The van der Waals surface area contributed by atoms with Gasteiger partial charge in [0, 0.05) is 19.2 Å². The van der Waals surface area contributed by atoms with Crippen LogP contribution in [0.3, 0.4) is 0 Å². The summed E-state index contributed by atoms with van der Waals surface area (Å²) in [7, 11) is 0. The van der Waals surface area contributed by atoms with Gasteiger partial charge in [0.25, 0.3) is 0 Å². The van der Waals surface area contributed by atoms with Gasteiger partial charge in [-0.1, -0.05) is 45.9 Å². The van der Waals surface area contributed by atoms with Crippen LogP contribution in [0.2, 0.25) is 0 Å². The van der Waals surface area contributed by atoms with Gasteiger partial charge in [0.2, 0.25) is 5.91 Å². The normalized spacial score (nSPS) is 12.1. The van der Waals surface area contributed by atoms with Crippen LogP contribution in [-0.4, -0.2) is 30.6 Å². The summed E-state index contributed by atoms with van der Waals surface area (Å²) in [5.74, 6) is -0.170. The number of esters is 1. The van der Waals surface area contributed by atoms with E-state index in [0.29, 0.717) is 23.1 Å². The number of rotatable bonds is 10. The van der Waals surface area contributed by atoms with E-state index < -0.39 is 11.6 Å². The minimum atomic E-state index is -0.581. The molecule has 2 aromatic rings. The average Bonchev–Trinajstić information content (AvgIpc) is 2.71.